The predicted octanol–water partition coefficient (Wildman–Crippen LogP) is 1.96. The number of carbonyl (C=O) groups excluding carboxylic acids is 1. The summed E-state index contributed by atoms with van der Waals surface area (Å²) in [5, 5.41) is -0.871. The maximum Gasteiger partial charge on any atom is 0.267 e. The molecule has 8 heteroatoms. The first-order chi connectivity index (χ1) is 8.69. The van der Waals surface area contributed by atoms with Gasteiger partial charge in [0, 0.05) is 6.07 Å². The van der Waals surface area contributed by atoms with Crippen molar-refractivity contribution in [3.63, 3.8) is 0 Å². The Hall–Kier alpha value is -1.57. The molecule has 0 unspecified atom stereocenters. The van der Waals surface area contributed by atoms with Gasteiger partial charge < -0.3 is 0 Å². The largest absolute Gasteiger partial charge is 0.268 e. The predicted molar refractivity (Wildman–Crippen MR) is 62.5 cm³/mol. The minimum absolute atomic E-state index is 0.181. The topological polar surface area (TPSA) is 63.2 Å². The van der Waals surface area contributed by atoms with Gasteiger partial charge in [-0.15, -0.1) is 0 Å². The third-order valence-electron chi connectivity index (χ3n) is 2.59. The van der Waals surface area contributed by atoms with E-state index in [9.17, 15) is 26.4 Å². The fourth-order valence-corrected chi connectivity index (χ4v) is 2.21. The van der Waals surface area contributed by atoms with Crippen molar-refractivity contribution in [1.82, 2.24) is 4.72 Å². The summed E-state index contributed by atoms with van der Waals surface area (Å²) in [6.45, 7) is 2.95. The van der Waals surface area contributed by atoms with Crippen LogP contribution >= 0.6 is 0 Å². The Morgan fingerprint density at radius 2 is 1.74 bits per heavy atom. The van der Waals surface area contributed by atoms with Crippen LogP contribution in [0.3, 0.4) is 0 Å². The normalized spacial score (nSPS) is 13.1. The number of hydrogen-bond acceptors (Lipinski definition) is 3. The van der Waals surface area contributed by atoms with Gasteiger partial charge in [0.15, 0.2) is 11.6 Å². The maximum absolute atomic E-state index is 13.3. The molecule has 0 aliphatic rings. The van der Waals surface area contributed by atoms with Crippen LogP contribution in [0.25, 0.3) is 0 Å². The molecule has 1 aromatic carbocycles. The minimum atomic E-state index is -3.98. The monoisotopic (exact) mass is 295 g/mol. The van der Waals surface area contributed by atoms with Crippen LogP contribution in [-0.2, 0) is 10.0 Å². The summed E-state index contributed by atoms with van der Waals surface area (Å²) in [4.78, 5) is 11.5. The van der Waals surface area contributed by atoms with Crippen molar-refractivity contribution in [3.05, 3.63) is 35.1 Å². The highest BCUT2D eigenvalue weighted by Gasteiger charge is 2.24. The van der Waals surface area contributed by atoms with E-state index in [1.807, 2.05) is 0 Å². The number of benzene rings is 1. The van der Waals surface area contributed by atoms with Gasteiger partial charge in [-0.1, -0.05) is 6.92 Å². The van der Waals surface area contributed by atoms with Crippen molar-refractivity contribution in [3.8, 4) is 0 Å². The van der Waals surface area contributed by atoms with E-state index in [-0.39, 0.29) is 12.5 Å². The van der Waals surface area contributed by atoms with Gasteiger partial charge in [-0.3, -0.25) is 4.79 Å². The molecule has 0 aliphatic carbocycles. The number of sulfonamides is 1. The van der Waals surface area contributed by atoms with E-state index in [2.05, 4.69) is 0 Å². The zero-order valence-corrected chi connectivity index (χ0v) is 11.0. The molecule has 0 radical (unpaired) electrons. The van der Waals surface area contributed by atoms with Gasteiger partial charge in [0.1, 0.15) is 5.82 Å². The molecular formula is C11H12F3NO3S. The lowest BCUT2D eigenvalue weighted by Gasteiger charge is -2.12. The van der Waals surface area contributed by atoms with Gasteiger partial charge in [0.25, 0.3) is 5.91 Å². The third-order valence-corrected chi connectivity index (χ3v) is 4.46. The first-order valence-electron chi connectivity index (χ1n) is 5.39. The SMILES string of the molecule is CC[C@H](C)S(=O)(=O)NC(=O)c1cc(F)c(F)cc1F. The van der Waals surface area contributed by atoms with Crippen molar-refractivity contribution in [2.45, 2.75) is 25.5 Å². The lowest BCUT2D eigenvalue weighted by molar-refractivity contribution is 0.0976. The Morgan fingerprint density at radius 1 is 1.21 bits per heavy atom. The van der Waals surface area contributed by atoms with Crippen LogP contribution in [0.5, 0.6) is 0 Å². The molecule has 0 aromatic heterocycles. The average Bonchev–Trinajstić information content (AvgIpc) is 2.31. The van der Waals surface area contributed by atoms with Gasteiger partial charge in [-0.05, 0) is 19.4 Å². The van der Waals surface area contributed by atoms with Crippen LogP contribution in [-0.4, -0.2) is 19.6 Å². The Labute approximate surface area is 108 Å². The van der Waals surface area contributed by atoms with E-state index < -0.39 is 44.2 Å². The number of amides is 1. The van der Waals surface area contributed by atoms with Crippen molar-refractivity contribution in [2.75, 3.05) is 0 Å². The molecule has 1 amide bonds. The fourth-order valence-electron chi connectivity index (χ4n) is 1.20. The highest BCUT2D eigenvalue weighted by molar-refractivity contribution is 7.90. The number of hydrogen-bond donors (Lipinski definition) is 1. The van der Waals surface area contributed by atoms with Crippen molar-refractivity contribution in [2.24, 2.45) is 0 Å². The van der Waals surface area contributed by atoms with Crippen LogP contribution in [0, 0.1) is 17.5 Å². The minimum Gasteiger partial charge on any atom is -0.268 e. The molecule has 1 aromatic rings. The van der Waals surface area contributed by atoms with Gasteiger partial charge >= 0.3 is 0 Å². The molecule has 4 nitrogen and oxygen atoms in total. The molecule has 19 heavy (non-hydrogen) atoms. The van der Waals surface area contributed by atoms with Crippen molar-refractivity contribution in [1.29, 1.82) is 0 Å². The molecule has 1 N–H and O–H groups in total. The summed E-state index contributed by atoms with van der Waals surface area (Å²) < 4.78 is 63.6. The molecule has 1 rings (SSSR count). The quantitative estimate of drug-likeness (QED) is 0.864. The molecule has 1 atom stereocenters. The smallest absolute Gasteiger partial charge is 0.267 e. The third kappa shape index (κ3) is 3.46. The second kappa shape index (κ2) is 5.60. The van der Waals surface area contributed by atoms with Gasteiger partial charge in [0.05, 0.1) is 10.8 Å². The van der Waals surface area contributed by atoms with E-state index in [0.29, 0.717) is 6.07 Å². The van der Waals surface area contributed by atoms with Crippen LogP contribution in [0.15, 0.2) is 12.1 Å². The first-order valence-corrected chi connectivity index (χ1v) is 6.94. The fraction of sp³-hybridized carbons (Fsp3) is 0.364. The van der Waals surface area contributed by atoms with Crippen LogP contribution in [0.1, 0.15) is 30.6 Å². The number of carbonyl (C=O) groups is 1. The lowest BCUT2D eigenvalue weighted by Crippen LogP contribution is -2.37. The standard InChI is InChI=1S/C11H12F3NO3S/c1-3-6(2)19(17,18)15-11(16)7-4-9(13)10(14)5-8(7)12/h4-6H,3H2,1-2H3,(H,15,16)/t6-/m0/s1. The molecule has 0 fully saturated rings. The molecule has 0 aliphatic heterocycles. The van der Waals surface area contributed by atoms with E-state index in [1.54, 1.807) is 11.6 Å². The van der Waals surface area contributed by atoms with Gasteiger partial charge in [0.2, 0.25) is 10.0 Å². The van der Waals surface area contributed by atoms with Crippen LogP contribution in [0.2, 0.25) is 0 Å². The second-order valence-corrected chi connectivity index (χ2v) is 6.04. The number of nitrogens with one attached hydrogen (secondary N) is 1. The molecule has 0 bridgehead atoms. The number of halogens is 3. The van der Waals surface area contributed by atoms with Gasteiger partial charge in [-0.25, -0.2) is 26.3 Å². The summed E-state index contributed by atoms with van der Waals surface area (Å²) in [6, 6.07) is 0.492. The summed E-state index contributed by atoms with van der Waals surface area (Å²) in [7, 11) is -3.98. The van der Waals surface area contributed by atoms with Gasteiger partial charge in [-0.2, -0.15) is 0 Å². The molecule has 0 saturated carbocycles. The first kappa shape index (κ1) is 15.5. The Bertz CT molecular complexity index is 601. The van der Waals surface area contributed by atoms with E-state index in [1.165, 1.54) is 6.92 Å². The van der Waals surface area contributed by atoms with E-state index >= 15 is 0 Å². The Morgan fingerprint density at radius 3 is 2.26 bits per heavy atom. The molecule has 0 heterocycles. The Kier molecular flexibility index (Phi) is 4.56. The van der Waals surface area contributed by atoms with Crippen LogP contribution < -0.4 is 4.72 Å². The van der Waals surface area contributed by atoms with E-state index in [4.69, 9.17) is 0 Å². The van der Waals surface area contributed by atoms with Crippen molar-refractivity contribution >= 4 is 15.9 Å². The average molecular weight is 295 g/mol. The Balaban J connectivity index is 3.06. The molecular weight excluding hydrogens is 283 g/mol. The number of rotatable bonds is 4. The highest BCUT2D eigenvalue weighted by atomic mass is 32.2. The molecule has 0 saturated heterocycles. The zero-order chi connectivity index (χ0) is 14.8. The summed E-state index contributed by atoms with van der Waals surface area (Å²) in [6.07, 6.45) is 0.239. The second-order valence-electron chi connectivity index (χ2n) is 3.94. The molecule has 0 spiro atoms. The molecule has 106 valence electrons. The maximum atomic E-state index is 13.3. The highest BCUT2D eigenvalue weighted by Crippen LogP contribution is 2.14. The zero-order valence-electron chi connectivity index (χ0n) is 10.2. The van der Waals surface area contributed by atoms with Crippen LogP contribution in [0.4, 0.5) is 13.2 Å². The van der Waals surface area contributed by atoms with Crippen molar-refractivity contribution < 1.29 is 26.4 Å². The lowest BCUT2D eigenvalue weighted by atomic mass is 10.2. The van der Waals surface area contributed by atoms with E-state index in [0.717, 1.165) is 0 Å². The summed E-state index contributed by atoms with van der Waals surface area (Å²) in [5.41, 5.74) is -0.870. The summed E-state index contributed by atoms with van der Waals surface area (Å²) in [5.74, 6) is -5.57. The summed E-state index contributed by atoms with van der Waals surface area (Å²) >= 11 is 0.